The van der Waals surface area contributed by atoms with Gasteiger partial charge in [-0.1, -0.05) is 18.9 Å². The molecule has 1 saturated heterocycles. The highest BCUT2D eigenvalue weighted by atomic mass is 16.1. The van der Waals surface area contributed by atoms with Gasteiger partial charge in [-0.05, 0) is 51.6 Å². The Morgan fingerprint density at radius 3 is 2.35 bits per heavy atom. The van der Waals surface area contributed by atoms with E-state index in [9.17, 15) is 4.79 Å². The zero-order chi connectivity index (χ0) is 12.3. The van der Waals surface area contributed by atoms with E-state index in [0.29, 0.717) is 6.04 Å². The summed E-state index contributed by atoms with van der Waals surface area (Å²) in [5.74, 6) is 0. The summed E-state index contributed by atoms with van der Waals surface area (Å²) in [6.45, 7) is 6.24. The van der Waals surface area contributed by atoms with Gasteiger partial charge in [-0.3, -0.25) is 0 Å². The molecule has 1 atom stereocenters. The van der Waals surface area contributed by atoms with E-state index < -0.39 is 0 Å². The summed E-state index contributed by atoms with van der Waals surface area (Å²) in [4.78, 5) is 13.2. The number of hydrogen-bond acceptors (Lipinski definition) is 2. The maximum atomic E-state index is 10.6. The summed E-state index contributed by atoms with van der Waals surface area (Å²) in [6, 6.07) is 0.623. The predicted molar refractivity (Wildman–Crippen MR) is 73.2 cm³/mol. The van der Waals surface area contributed by atoms with Crippen molar-refractivity contribution in [3.8, 4) is 0 Å². The average Bonchev–Trinajstić information content (AvgIpc) is 2.62. The van der Waals surface area contributed by atoms with Crippen molar-refractivity contribution in [1.29, 1.82) is 0 Å². The molecule has 0 aromatic carbocycles. The topological polar surface area (TPSA) is 20.3 Å². The molecule has 0 radical (unpaired) electrons. The van der Waals surface area contributed by atoms with Crippen molar-refractivity contribution < 1.29 is 4.79 Å². The lowest BCUT2D eigenvalue weighted by atomic mass is 10.0. The maximum Gasteiger partial charge on any atom is 0.120 e. The van der Waals surface area contributed by atoms with Gasteiger partial charge in [0.1, 0.15) is 6.29 Å². The van der Waals surface area contributed by atoms with Crippen LogP contribution in [0, 0.1) is 0 Å². The summed E-state index contributed by atoms with van der Waals surface area (Å²) in [5.41, 5.74) is 0. The van der Waals surface area contributed by atoms with Gasteiger partial charge in [0.25, 0.3) is 0 Å². The van der Waals surface area contributed by atoms with Gasteiger partial charge in [0.05, 0.1) is 0 Å². The molecule has 0 bridgehead atoms. The van der Waals surface area contributed by atoms with Crippen molar-refractivity contribution in [3.05, 3.63) is 12.7 Å². The largest absolute Gasteiger partial charge is 0.303 e. The lowest BCUT2D eigenvalue weighted by Gasteiger charge is -2.30. The minimum absolute atomic E-state index is 0.623. The first-order valence-corrected chi connectivity index (χ1v) is 7.17. The fourth-order valence-electron chi connectivity index (χ4n) is 2.73. The molecule has 0 amide bonds. The first-order valence-electron chi connectivity index (χ1n) is 7.17. The van der Waals surface area contributed by atoms with Gasteiger partial charge in [0, 0.05) is 12.5 Å². The van der Waals surface area contributed by atoms with Crippen LogP contribution in [0.2, 0.25) is 0 Å². The Morgan fingerprint density at radius 1 is 1.06 bits per heavy atom. The van der Waals surface area contributed by atoms with Crippen LogP contribution in [0.15, 0.2) is 12.7 Å². The van der Waals surface area contributed by atoms with Crippen LogP contribution in [0.4, 0.5) is 0 Å². The first-order chi connectivity index (χ1) is 8.38. The van der Waals surface area contributed by atoms with E-state index in [1.807, 2.05) is 6.08 Å². The smallest absolute Gasteiger partial charge is 0.120 e. The molecule has 0 aromatic heterocycles. The molecular weight excluding hydrogens is 210 g/mol. The van der Waals surface area contributed by atoms with Gasteiger partial charge in [-0.2, -0.15) is 0 Å². The lowest BCUT2D eigenvalue weighted by Crippen LogP contribution is -2.36. The molecule has 17 heavy (non-hydrogen) atoms. The Bertz CT molecular complexity index is 207. The average molecular weight is 237 g/mol. The second-order valence-corrected chi connectivity index (χ2v) is 5.07. The van der Waals surface area contributed by atoms with Gasteiger partial charge in [0.15, 0.2) is 0 Å². The third-order valence-electron chi connectivity index (χ3n) is 3.72. The monoisotopic (exact) mass is 237 g/mol. The summed E-state index contributed by atoms with van der Waals surface area (Å²) in [5, 5.41) is 0. The third-order valence-corrected chi connectivity index (χ3v) is 3.72. The number of carbonyl (C=O) groups excluding carboxylic acids is 1. The Labute approximate surface area is 106 Å². The molecule has 1 rings (SSSR count). The van der Waals surface area contributed by atoms with E-state index in [2.05, 4.69) is 11.5 Å². The summed E-state index contributed by atoms with van der Waals surface area (Å²) in [6.07, 6.45) is 13.8. The number of unbranched alkanes of at least 4 members (excludes halogenated alkanes) is 1. The number of hydrogen-bond donors (Lipinski definition) is 0. The van der Waals surface area contributed by atoms with E-state index in [1.54, 1.807) is 0 Å². The molecule has 1 aliphatic heterocycles. The third kappa shape index (κ3) is 6.02. The number of likely N-dealkylation sites (tertiary alicyclic amines) is 1. The first kappa shape index (κ1) is 14.4. The normalized spacial score (nSPS) is 19.5. The quantitative estimate of drug-likeness (QED) is 0.365. The molecule has 0 spiro atoms. The molecule has 2 nitrogen and oxygen atoms in total. The number of aldehydes is 1. The van der Waals surface area contributed by atoms with Crippen LogP contribution in [-0.4, -0.2) is 30.3 Å². The minimum Gasteiger partial charge on any atom is -0.303 e. The predicted octanol–water partition coefficient (Wildman–Crippen LogP) is 3.57. The summed E-state index contributed by atoms with van der Waals surface area (Å²) >= 11 is 0. The maximum absolute atomic E-state index is 10.6. The molecule has 0 aliphatic carbocycles. The van der Waals surface area contributed by atoms with Crippen LogP contribution >= 0.6 is 0 Å². The van der Waals surface area contributed by atoms with E-state index in [0.717, 1.165) is 25.5 Å². The van der Waals surface area contributed by atoms with Crippen molar-refractivity contribution >= 4 is 6.29 Å². The molecule has 1 heterocycles. The molecule has 0 N–H and O–H groups in total. The second kappa shape index (κ2) is 9.41. The molecule has 2 heteroatoms. The van der Waals surface area contributed by atoms with E-state index in [-0.39, 0.29) is 0 Å². The van der Waals surface area contributed by atoms with Crippen molar-refractivity contribution in [2.75, 3.05) is 13.1 Å². The Morgan fingerprint density at radius 2 is 1.76 bits per heavy atom. The Hall–Kier alpha value is -0.630. The molecule has 1 aliphatic rings. The zero-order valence-electron chi connectivity index (χ0n) is 11.1. The highest BCUT2D eigenvalue weighted by molar-refractivity contribution is 5.49. The van der Waals surface area contributed by atoms with E-state index in [1.165, 1.54) is 51.6 Å². The Kier molecular flexibility index (Phi) is 7.98. The second-order valence-electron chi connectivity index (χ2n) is 5.07. The van der Waals surface area contributed by atoms with Crippen LogP contribution in [0.1, 0.15) is 57.8 Å². The standard InChI is InChI=1S/C15H27NO/c1-2-3-6-10-15(11-9-14-17)16-12-7-4-5-8-13-16/h2,14-15H,1,3-13H2. The summed E-state index contributed by atoms with van der Waals surface area (Å²) in [7, 11) is 0. The van der Waals surface area contributed by atoms with E-state index in [4.69, 9.17) is 0 Å². The van der Waals surface area contributed by atoms with Crippen molar-refractivity contribution in [3.63, 3.8) is 0 Å². The minimum atomic E-state index is 0.623. The van der Waals surface area contributed by atoms with Gasteiger partial charge in [-0.15, -0.1) is 6.58 Å². The summed E-state index contributed by atoms with van der Waals surface area (Å²) < 4.78 is 0. The van der Waals surface area contributed by atoms with Gasteiger partial charge in [0.2, 0.25) is 0 Å². The molecule has 0 saturated carbocycles. The van der Waals surface area contributed by atoms with Crippen LogP contribution < -0.4 is 0 Å². The number of rotatable bonds is 8. The SMILES string of the molecule is C=CCCCC(CCC=O)N1CCCCCC1. The zero-order valence-corrected chi connectivity index (χ0v) is 11.1. The molecule has 1 fully saturated rings. The van der Waals surface area contributed by atoms with Crippen LogP contribution in [0.5, 0.6) is 0 Å². The fraction of sp³-hybridized carbons (Fsp3) is 0.800. The van der Waals surface area contributed by atoms with Crippen molar-refractivity contribution in [2.24, 2.45) is 0 Å². The lowest BCUT2D eigenvalue weighted by molar-refractivity contribution is -0.108. The molecule has 1 unspecified atom stereocenters. The van der Waals surface area contributed by atoms with Gasteiger partial charge < -0.3 is 9.69 Å². The van der Waals surface area contributed by atoms with Crippen LogP contribution in [-0.2, 0) is 4.79 Å². The highest BCUT2D eigenvalue weighted by Gasteiger charge is 2.18. The van der Waals surface area contributed by atoms with E-state index >= 15 is 0 Å². The highest BCUT2D eigenvalue weighted by Crippen LogP contribution is 2.19. The Balaban J connectivity index is 2.40. The van der Waals surface area contributed by atoms with Crippen LogP contribution in [0.25, 0.3) is 0 Å². The molecule has 98 valence electrons. The number of allylic oxidation sites excluding steroid dienone is 1. The van der Waals surface area contributed by atoms with Crippen LogP contribution in [0.3, 0.4) is 0 Å². The number of nitrogens with zero attached hydrogens (tertiary/aromatic N) is 1. The van der Waals surface area contributed by atoms with Gasteiger partial charge in [-0.25, -0.2) is 0 Å². The van der Waals surface area contributed by atoms with Crippen molar-refractivity contribution in [1.82, 2.24) is 4.90 Å². The number of carbonyl (C=O) groups is 1. The molecular formula is C15H27NO. The fourth-order valence-corrected chi connectivity index (χ4v) is 2.73. The van der Waals surface area contributed by atoms with Gasteiger partial charge >= 0.3 is 0 Å². The molecule has 0 aromatic rings. The van der Waals surface area contributed by atoms with Crippen molar-refractivity contribution in [2.45, 2.75) is 63.8 Å².